The third-order valence-corrected chi connectivity index (χ3v) is 4.08. The number of hydrogen-bond acceptors (Lipinski definition) is 2. The van der Waals surface area contributed by atoms with Crippen LogP contribution in [0, 0.1) is 12.7 Å². The van der Waals surface area contributed by atoms with Crippen LogP contribution in [0.2, 0.25) is 0 Å². The first-order valence-electron chi connectivity index (χ1n) is 6.89. The largest absolute Gasteiger partial charge is 0.496 e. The van der Waals surface area contributed by atoms with Crippen LogP contribution in [-0.2, 0) is 0 Å². The summed E-state index contributed by atoms with van der Waals surface area (Å²) in [5.74, 6) is 0.590. The lowest BCUT2D eigenvalue weighted by molar-refractivity contribution is 0.412. The fraction of sp³-hybridized carbons (Fsp3) is 0.294. The fourth-order valence-electron chi connectivity index (χ4n) is 2.44. The third kappa shape index (κ3) is 3.63. The Morgan fingerprint density at radius 1 is 1.24 bits per heavy atom. The van der Waals surface area contributed by atoms with Crippen molar-refractivity contribution in [3.05, 3.63) is 63.4 Å². The van der Waals surface area contributed by atoms with E-state index in [0.29, 0.717) is 0 Å². The van der Waals surface area contributed by atoms with Crippen molar-refractivity contribution in [2.45, 2.75) is 19.9 Å². The molecule has 0 spiro atoms. The zero-order valence-electron chi connectivity index (χ0n) is 12.4. The highest BCUT2D eigenvalue weighted by Crippen LogP contribution is 2.31. The first kappa shape index (κ1) is 16.0. The second-order valence-electron chi connectivity index (χ2n) is 4.89. The SMILES string of the molecule is CCNC(c1ccc(OC)c(Br)c1)c1ccc(F)cc1C. The van der Waals surface area contributed by atoms with Crippen molar-refractivity contribution in [2.75, 3.05) is 13.7 Å². The van der Waals surface area contributed by atoms with Gasteiger partial charge in [-0.1, -0.05) is 19.1 Å². The van der Waals surface area contributed by atoms with Gasteiger partial charge in [-0.2, -0.15) is 0 Å². The van der Waals surface area contributed by atoms with E-state index in [0.717, 1.165) is 33.5 Å². The molecule has 112 valence electrons. The van der Waals surface area contributed by atoms with Gasteiger partial charge in [0, 0.05) is 0 Å². The molecule has 0 amide bonds. The summed E-state index contributed by atoms with van der Waals surface area (Å²) < 4.78 is 19.5. The molecule has 1 atom stereocenters. The monoisotopic (exact) mass is 351 g/mol. The van der Waals surface area contributed by atoms with Gasteiger partial charge in [0.05, 0.1) is 17.6 Å². The minimum atomic E-state index is -0.206. The van der Waals surface area contributed by atoms with Crippen molar-refractivity contribution in [1.29, 1.82) is 0 Å². The van der Waals surface area contributed by atoms with Crippen LogP contribution in [-0.4, -0.2) is 13.7 Å². The van der Waals surface area contributed by atoms with E-state index >= 15 is 0 Å². The van der Waals surface area contributed by atoms with Crippen LogP contribution in [0.5, 0.6) is 5.75 Å². The molecule has 2 aromatic carbocycles. The highest BCUT2D eigenvalue weighted by atomic mass is 79.9. The van der Waals surface area contributed by atoms with Gasteiger partial charge in [0.2, 0.25) is 0 Å². The number of aryl methyl sites for hydroxylation is 1. The summed E-state index contributed by atoms with van der Waals surface area (Å²) in [5.41, 5.74) is 3.13. The van der Waals surface area contributed by atoms with E-state index < -0.39 is 0 Å². The molecule has 0 aliphatic carbocycles. The van der Waals surface area contributed by atoms with E-state index in [1.807, 2.05) is 31.2 Å². The Hall–Kier alpha value is -1.39. The molecule has 2 aromatic rings. The number of ether oxygens (including phenoxy) is 1. The molecule has 0 aliphatic heterocycles. The Kier molecular flexibility index (Phi) is 5.37. The number of hydrogen-bond donors (Lipinski definition) is 1. The second-order valence-corrected chi connectivity index (χ2v) is 5.74. The predicted octanol–water partition coefficient (Wildman–Crippen LogP) is 4.60. The standard InChI is InChI=1S/C17H19BrFNO/c1-4-20-17(14-7-6-13(19)9-11(14)2)12-5-8-16(21-3)15(18)10-12/h5-10,17,20H,4H2,1-3H3. The molecule has 2 nitrogen and oxygen atoms in total. The van der Waals surface area contributed by atoms with Crippen LogP contribution in [0.4, 0.5) is 4.39 Å². The van der Waals surface area contributed by atoms with Crippen LogP contribution >= 0.6 is 15.9 Å². The molecular formula is C17H19BrFNO. The van der Waals surface area contributed by atoms with Crippen LogP contribution < -0.4 is 10.1 Å². The first-order chi connectivity index (χ1) is 10.1. The summed E-state index contributed by atoms with van der Waals surface area (Å²) in [6, 6.07) is 10.9. The smallest absolute Gasteiger partial charge is 0.133 e. The number of halogens is 2. The van der Waals surface area contributed by atoms with Gasteiger partial charge in [-0.3, -0.25) is 0 Å². The molecule has 1 N–H and O–H groups in total. The van der Waals surface area contributed by atoms with Gasteiger partial charge in [-0.05, 0) is 70.4 Å². The molecule has 0 aromatic heterocycles. The van der Waals surface area contributed by atoms with Crippen LogP contribution in [0.3, 0.4) is 0 Å². The van der Waals surface area contributed by atoms with E-state index in [1.54, 1.807) is 13.2 Å². The topological polar surface area (TPSA) is 21.3 Å². The Labute approximate surface area is 133 Å². The van der Waals surface area contributed by atoms with E-state index in [2.05, 4.69) is 28.2 Å². The van der Waals surface area contributed by atoms with E-state index in [9.17, 15) is 4.39 Å². The van der Waals surface area contributed by atoms with E-state index in [4.69, 9.17) is 4.74 Å². The quantitative estimate of drug-likeness (QED) is 0.849. The average Bonchev–Trinajstić information content (AvgIpc) is 2.45. The molecule has 2 rings (SSSR count). The van der Waals surface area contributed by atoms with E-state index in [-0.39, 0.29) is 11.9 Å². The van der Waals surface area contributed by atoms with Crippen molar-refractivity contribution < 1.29 is 9.13 Å². The summed E-state index contributed by atoms with van der Waals surface area (Å²) in [4.78, 5) is 0. The molecule has 0 bridgehead atoms. The van der Waals surface area contributed by atoms with Gasteiger partial charge in [-0.15, -0.1) is 0 Å². The summed E-state index contributed by atoms with van der Waals surface area (Å²) in [5, 5.41) is 3.46. The highest BCUT2D eigenvalue weighted by molar-refractivity contribution is 9.10. The molecule has 0 saturated heterocycles. The van der Waals surface area contributed by atoms with E-state index in [1.165, 1.54) is 6.07 Å². The number of benzene rings is 2. The lowest BCUT2D eigenvalue weighted by atomic mass is 9.95. The number of rotatable bonds is 5. The lowest BCUT2D eigenvalue weighted by Crippen LogP contribution is -2.22. The number of nitrogens with one attached hydrogen (secondary N) is 1. The fourth-order valence-corrected chi connectivity index (χ4v) is 3.00. The zero-order chi connectivity index (χ0) is 15.4. The third-order valence-electron chi connectivity index (χ3n) is 3.46. The maximum atomic E-state index is 13.3. The zero-order valence-corrected chi connectivity index (χ0v) is 14.0. The van der Waals surface area contributed by atoms with Crippen molar-refractivity contribution in [3.63, 3.8) is 0 Å². The maximum absolute atomic E-state index is 13.3. The van der Waals surface area contributed by atoms with Crippen molar-refractivity contribution in [2.24, 2.45) is 0 Å². The van der Waals surface area contributed by atoms with Crippen molar-refractivity contribution in [1.82, 2.24) is 5.32 Å². The molecule has 0 saturated carbocycles. The minimum absolute atomic E-state index is 0.0257. The predicted molar refractivity (Wildman–Crippen MR) is 87.4 cm³/mol. The maximum Gasteiger partial charge on any atom is 0.133 e. The van der Waals surface area contributed by atoms with Gasteiger partial charge in [-0.25, -0.2) is 4.39 Å². The second kappa shape index (κ2) is 7.05. The Bertz CT molecular complexity index is 630. The van der Waals surface area contributed by atoms with Crippen LogP contribution in [0.15, 0.2) is 40.9 Å². The Morgan fingerprint density at radius 2 is 2.00 bits per heavy atom. The molecule has 4 heteroatoms. The minimum Gasteiger partial charge on any atom is -0.496 e. The van der Waals surface area contributed by atoms with Crippen LogP contribution in [0.25, 0.3) is 0 Å². The van der Waals surface area contributed by atoms with Crippen molar-refractivity contribution >= 4 is 15.9 Å². The summed E-state index contributed by atoms with van der Waals surface area (Å²) in [7, 11) is 1.64. The van der Waals surface area contributed by atoms with Gasteiger partial charge in [0.25, 0.3) is 0 Å². The Morgan fingerprint density at radius 3 is 2.57 bits per heavy atom. The van der Waals surface area contributed by atoms with Crippen molar-refractivity contribution in [3.8, 4) is 5.75 Å². The molecule has 0 aliphatic rings. The molecule has 1 unspecified atom stereocenters. The molecule has 0 radical (unpaired) electrons. The molecule has 21 heavy (non-hydrogen) atoms. The summed E-state index contributed by atoms with van der Waals surface area (Å²) in [6.07, 6.45) is 0. The van der Waals surface area contributed by atoms with Gasteiger partial charge in [0.15, 0.2) is 0 Å². The lowest BCUT2D eigenvalue weighted by Gasteiger charge is -2.21. The average molecular weight is 352 g/mol. The van der Waals surface area contributed by atoms with Crippen LogP contribution in [0.1, 0.15) is 29.7 Å². The summed E-state index contributed by atoms with van der Waals surface area (Å²) in [6.45, 7) is 4.82. The molecule has 0 heterocycles. The van der Waals surface area contributed by atoms with Gasteiger partial charge >= 0.3 is 0 Å². The van der Waals surface area contributed by atoms with Gasteiger partial charge < -0.3 is 10.1 Å². The molecular weight excluding hydrogens is 333 g/mol. The normalized spacial score (nSPS) is 12.2. The first-order valence-corrected chi connectivity index (χ1v) is 7.69. The summed E-state index contributed by atoms with van der Waals surface area (Å²) >= 11 is 3.52. The highest BCUT2D eigenvalue weighted by Gasteiger charge is 2.16. The molecule has 0 fully saturated rings. The van der Waals surface area contributed by atoms with Gasteiger partial charge in [0.1, 0.15) is 11.6 Å². The number of methoxy groups -OCH3 is 1. The Balaban J connectivity index is 2.45.